The summed E-state index contributed by atoms with van der Waals surface area (Å²) in [5.74, 6) is 0. The van der Waals surface area contributed by atoms with Crippen LogP contribution in [0.1, 0.15) is 24.0 Å². The van der Waals surface area contributed by atoms with Crippen LogP contribution in [-0.2, 0) is 13.0 Å². The first-order valence-corrected chi connectivity index (χ1v) is 5.65. The molecule has 0 aromatic heterocycles. The van der Waals surface area contributed by atoms with E-state index in [-0.39, 0.29) is 0 Å². The van der Waals surface area contributed by atoms with Crippen molar-refractivity contribution in [1.82, 2.24) is 4.90 Å². The Bertz CT molecular complexity index is 264. The van der Waals surface area contributed by atoms with Crippen molar-refractivity contribution in [2.24, 2.45) is 5.73 Å². The van der Waals surface area contributed by atoms with Crippen LogP contribution in [0.4, 0.5) is 0 Å². The van der Waals surface area contributed by atoms with Gasteiger partial charge in [0.2, 0.25) is 0 Å². The van der Waals surface area contributed by atoms with Crippen LogP contribution in [0.3, 0.4) is 0 Å². The Morgan fingerprint density at radius 1 is 1.00 bits per heavy atom. The molecule has 0 unspecified atom stereocenters. The zero-order valence-electron chi connectivity index (χ0n) is 9.87. The predicted octanol–water partition coefficient (Wildman–Crippen LogP) is 2.03. The van der Waals surface area contributed by atoms with Gasteiger partial charge in [0.05, 0.1) is 0 Å². The van der Waals surface area contributed by atoms with E-state index in [0.29, 0.717) is 0 Å². The quantitative estimate of drug-likeness (QED) is 0.722. The van der Waals surface area contributed by atoms with Gasteiger partial charge in [-0.05, 0) is 51.0 Å². The molecule has 0 aliphatic heterocycles. The number of aryl methyl sites for hydroxylation is 1. The fourth-order valence-electron chi connectivity index (χ4n) is 1.65. The topological polar surface area (TPSA) is 29.3 Å². The van der Waals surface area contributed by atoms with E-state index in [2.05, 4.69) is 43.3 Å². The van der Waals surface area contributed by atoms with Crippen LogP contribution in [0.15, 0.2) is 24.3 Å². The Morgan fingerprint density at radius 3 is 2.13 bits per heavy atom. The maximum Gasteiger partial charge on any atom is 0.0227 e. The number of hydrogen-bond acceptors (Lipinski definition) is 2. The van der Waals surface area contributed by atoms with Crippen molar-refractivity contribution in [1.29, 1.82) is 0 Å². The van der Waals surface area contributed by atoms with Crippen LogP contribution in [0.5, 0.6) is 0 Å². The first-order valence-electron chi connectivity index (χ1n) is 5.65. The molecule has 1 rings (SSSR count). The van der Waals surface area contributed by atoms with Crippen molar-refractivity contribution in [2.45, 2.75) is 25.8 Å². The number of nitrogens with zero attached hydrogens (tertiary/aromatic N) is 1. The van der Waals surface area contributed by atoms with Gasteiger partial charge in [0, 0.05) is 6.54 Å². The van der Waals surface area contributed by atoms with E-state index in [1.807, 2.05) is 0 Å². The molecule has 0 spiro atoms. The second-order valence-corrected chi connectivity index (χ2v) is 4.30. The van der Waals surface area contributed by atoms with E-state index < -0.39 is 0 Å². The summed E-state index contributed by atoms with van der Waals surface area (Å²) < 4.78 is 0. The number of unbranched alkanes of at least 4 members (excludes halogenated alkanes) is 1. The van der Waals surface area contributed by atoms with E-state index in [9.17, 15) is 0 Å². The van der Waals surface area contributed by atoms with Crippen LogP contribution in [0.25, 0.3) is 0 Å². The van der Waals surface area contributed by atoms with Crippen molar-refractivity contribution in [3.63, 3.8) is 0 Å². The lowest BCUT2D eigenvalue weighted by Crippen LogP contribution is -2.10. The van der Waals surface area contributed by atoms with E-state index in [1.54, 1.807) is 0 Å². The molecule has 0 aliphatic carbocycles. The highest BCUT2D eigenvalue weighted by atomic mass is 15.0. The SMILES string of the molecule is CN(C)Cc1ccc(CCCCN)cc1. The van der Waals surface area contributed by atoms with Gasteiger partial charge in [-0.1, -0.05) is 24.3 Å². The summed E-state index contributed by atoms with van der Waals surface area (Å²) in [5, 5.41) is 0. The van der Waals surface area contributed by atoms with Gasteiger partial charge in [-0.15, -0.1) is 0 Å². The Hall–Kier alpha value is -0.860. The molecule has 0 heterocycles. The van der Waals surface area contributed by atoms with Crippen molar-refractivity contribution >= 4 is 0 Å². The Kier molecular flexibility index (Phi) is 5.37. The fraction of sp³-hybridized carbons (Fsp3) is 0.538. The first kappa shape index (κ1) is 12.2. The molecule has 1 aromatic carbocycles. The molecule has 0 radical (unpaired) electrons. The van der Waals surface area contributed by atoms with Gasteiger partial charge in [0.15, 0.2) is 0 Å². The monoisotopic (exact) mass is 206 g/mol. The zero-order chi connectivity index (χ0) is 11.1. The van der Waals surface area contributed by atoms with Crippen LogP contribution >= 0.6 is 0 Å². The number of hydrogen-bond donors (Lipinski definition) is 1. The molecule has 2 N–H and O–H groups in total. The molecule has 15 heavy (non-hydrogen) atoms. The van der Waals surface area contributed by atoms with Gasteiger partial charge in [0.25, 0.3) is 0 Å². The van der Waals surface area contributed by atoms with Crippen LogP contribution in [0, 0.1) is 0 Å². The normalized spacial score (nSPS) is 10.9. The highest BCUT2D eigenvalue weighted by Gasteiger charge is 1.96. The van der Waals surface area contributed by atoms with Gasteiger partial charge >= 0.3 is 0 Å². The largest absolute Gasteiger partial charge is 0.330 e. The minimum Gasteiger partial charge on any atom is -0.330 e. The van der Waals surface area contributed by atoms with Gasteiger partial charge in [0.1, 0.15) is 0 Å². The molecule has 0 atom stereocenters. The lowest BCUT2D eigenvalue weighted by Gasteiger charge is -2.10. The maximum atomic E-state index is 5.47. The second kappa shape index (κ2) is 6.59. The molecule has 0 fully saturated rings. The van der Waals surface area contributed by atoms with Crippen molar-refractivity contribution in [3.8, 4) is 0 Å². The maximum absolute atomic E-state index is 5.47. The first-order chi connectivity index (χ1) is 7.22. The lowest BCUT2D eigenvalue weighted by molar-refractivity contribution is 0.402. The molecule has 0 amide bonds. The Balaban J connectivity index is 2.42. The van der Waals surface area contributed by atoms with Gasteiger partial charge in [-0.2, -0.15) is 0 Å². The Labute approximate surface area is 93.1 Å². The predicted molar refractivity (Wildman–Crippen MR) is 65.8 cm³/mol. The molecule has 0 saturated heterocycles. The van der Waals surface area contributed by atoms with E-state index in [4.69, 9.17) is 5.73 Å². The summed E-state index contributed by atoms with van der Waals surface area (Å²) in [4.78, 5) is 2.18. The molecular weight excluding hydrogens is 184 g/mol. The van der Waals surface area contributed by atoms with Gasteiger partial charge in [-0.25, -0.2) is 0 Å². The lowest BCUT2D eigenvalue weighted by atomic mass is 10.1. The molecule has 0 saturated carbocycles. The van der Waals surface area contributed by atoms with E-state index in [1.165, 1.54) is 17.5 Å². The molecule has 2 nitrogen and oxygen atoms in total. The molecule has 2 heteroatoms. The summed E-state index contributed by atoms with van der Waals surface area (Å²) in [5.41, 5.74) is 8.27. The van der Waals surface area contributed by atoms with Crippen molar-refractivity contribution in [2.75, 3.05) is 20.6 Å². The standard InChI is InChI=1S/C13H22N2/c1-15(2)11-13-8-6-12(7-9-13)5-3-4-10-14/h6-9H,3-5,10-11,14H2,1-2H3. The van der Waals surface area contributed by atoms with Crippen molar-refractivity contribution < 1.29 is 0 Å². The van der Waals surface area contributed by atoms with Crippen LogP contribution in [0.2, 0.25) is 0 Å². The average molecular weight is 206 g/mol. The molecular formula is C13H22N2. The molecule has 1 aromatic rings. The molecule has 84 valence electrons. The van der Waals surface area contributed by atoms with Gasteiger partial charge in [-0.3, -0.25) is 0 Å². The minimum atomic E-state index is 0.804. The highest BCUT2D eigenvalue weighted by Crippen LogP contribution is 2.08. The third kappa shape index (κ3) is 4.96. The fourth-order valence-corrected chi connectivity index (χ4v) is 1.65. The Morgan fingerprint density at radius 2 is 1.60 bits per heavy atom. The number of rotatable bonds is 6. The van der Waals surface area contributed by atoms with E-state index in [0.717, 1.165) is 25.9 Å². The second-order valence-electron chi connectivity index (χ2n) is 4.30. The summed E-state index contributed by atoms with van der Waals surface area (Å²) >= 11 is 0. The van der Waals surface area contributed by atoms with Crippen LogP contribution in [-0.4, -0.2) is 25.5 Å². The van der Waals surface area contributed by atoms with Crippen LogP contribution < -0.4 is 5.73 Å². The third-order valence-electron chi connectivity index (χ3n) is 2.44. The summed E-state index contributed by atoms with van der Waals surface area (Å²) in [6, 6.07) is 8.90. The third-order valence-corrected chi connectivity index (χ3v) is 2.44. The summed E-state index contributed by atoms with van der Waals surface area (Å²) in [6.45, 7) is 1.82. The number of nitrogens with two attached hydrogens (primary N) is 1. The highest BCUT2D eigenvalue weighted by molar-refractivity contribution is 5.22. The summed E-state index contributed by atoms with van der Waals surface area (Å²) in [7, 11) is 4.18. The minimum absolute atomic E-state index is 0.804. The number of benzene rings is 1. The van der Waals surface area contributed by atoms with E-state index >= 15 is 0 Å². The molecule has 0 aliphatic rings. The average Bonchev–Trinajstić information content (AvgIpc) is 2.20. The smallest absolute Gasteiger partial charge is 0.0227 e. The molecule has 0 bridgehead atoms. The zero-order valence-corrected chi connectivity index (χ0v) is 9.87. The van der Waals surface area contributed by atoms with Crippen molar-refractivity contribution in [3.05, 3.63) is 35.4 Å². The summed E-state index contributed by atoms with van der Waals surface area (Å²) in [6.07, 6.45) is 3.47. The van der Waals surface area contributed by atoms with Gasteiger partial charge < -0.3 is 10.6 Å².